The van der Waals surface area contributed by atoms with Gasteiger partial charge < -0.3 is 35.8 Å². The molecule has 0 atom stereocenters. The van der Waals surface area contributed by atoms with Crippen LogP contribution in [-0.4, -0.2) is 78.6 Å². The van der Waals surface area contributed by atoms with Gasteiger partial charge in [0.05, 0.1) is 33.0 Å². The van der Waals surface area contributed by atoms with Crippen molar-refractivity contribution in [1.82, 2.24) is 20.3 Å². The van der Waals surface area contributed by atoms with Gasteiger partial charge in [0, 0.05) is 31.7 Å². The predicted molar refractivity (Wildman–Crippen MR) is 143 cm³/mol. The third kappa shape index (κ3) is 10.8. The van der Waals surface area contributed by atoms with E-state index in [0.29, 0.717) is 76.0 Å². The van der Waals surface area contributed by atoms with Gasteiger partial charge in [-0.3, -0.25) is 4.79 Å². The molecule has 3 rings (SSSR count). The quantitative estimate of drug-likeness (QED) is 0.172. The Bertz CT molecular complexity index is 1070. The molecule has 1 aromatic heterocycles. The van der Waals surface area contributed by atoms with Crippen LogP contribution in [0.1, 0.15) is 21.5 Å². The van der Waals surface area contributed by atoms with E-state index >= 15 is 0 Å². The van der Waals surface area contributed by atoms with E-state index in [1.807, 2.05) is 25.1 Å². The Balaban J connectivity index is 1.32. The van der Waals surface area contributed by atoms with Gasteiger partial charge in [-0.25, -0.2) is 0 Å². The summed E-state index contributed by atoms with van der Waals surface area (Å²) in [5, 5.41) is 21.2. The van der Waals surface area contributed by atoms with Gasteiger partial charge in [-0.2, -0.15) is 15.0 Å². The van der Waals surface area contributed by atoms with Crippen LogP contribution >= 0.6 is 0 Å². The minimum Gasteiger partial charge on any atom is -0.395 e. The molecule has 3 aromatic rings. The molecule has 37 heavy (non-hydrogen) atoms. The van der Waals surface area contributed by atoms with Gasteiger partial charge in [-0.05, 0) is 24.6 Å². The lowest BCUT2D eigenvalue weighted by Gasteiger charge is -2.11. The van der Waals surface area contributed by atoms with Crippen molar-refractivity contribution in [2.24, 2.45) is 0 Å². The number of carbonyl (C=O) groups is 1. The summed E-state index contributed by atoms with van der Waals surface area (Å²) in [6, 6.07) is 17.3. The number of nitrogens with zero attached hydrogens (tertiary/aromatic N) is 3. The van der Waals surface area contributed by atoms with Crippen LogP contribution in [0, 0.1) is 6.92 Å². The first-order valence-electron chi connectivity index (χ1n) is 12.3. The van der Waals surface area contributed by atoms with E-state index in [0.717, 1.165) is 5.56 Å². The number of aromatic nitrogens is 3. The van der Waals surface area contributed by atoms with Gasteiger partial charge in [-0.15, -0.1) is 0 Å². The van der Waals surface area contributed by atoms with Gasteiger partial charge in [0.15, 0.2) is 0 Å². The number of aryl methyl sites for hydroxylation is 1. The molecule has 5 N–H and O–H groups in total. The fourth-order valence-corrected chi connectivity index (χ4v) is 3.15. The predicted octanol–water partition coefficient (Wildman–Crippen LogP) is 2.07. The standard InChI is InChI=1S/C26H35N7O4/c1-20-7-9-21(10-8-20)19-30-26-32-24(28-11-14-34)31-25(33-26)29-13-16-37-18-17-36-15-12-27-23(35)22-5-3-2-4-6-22/h2-10,34H,11-19H2,1H3,(H,27,35)(H3,28,29,30,31,32,33). The molecule has 2 aromatic carbocycles. The topological polar surface area (TPSA) is 143 Å². The molecule has 0 aliphatic rings. The van der Waals surface area contributed by atoms with Crippen LogP contribution in [0.4, 0.5) is 17.8 Å². The van der Waals surface area contributed by atoms with Crippen LogP contribution in [0.2, 0.25) is 0 Å². The monoisotopic (exact) mass is 509 g/mol. The van der Waals surface area contributed by atoms with Crippen molar-refractivity contribution in [2.45, 2.75) is 13.5 Å². The maximum atomic E-state index is 11.9. The smallest absolute Gasteiger partial charge is 0.251 e. The van der Waals surface area contributed by atoms with E-state index in [1.165, 1.54) is 5.56 Å². The third-order valence-corrected chi connectivity index (χ3v) is 5.07. The van der Waals surface area contributed by atoms with Gasteiger partial charge in [-0.1, -0.05) is 48.0 Å². The molecule has 0 saturated carbocycles. The van der Waals surface area contributed by atoms with Gasteiger partial charge >= 0.3 is 0 Å². The Hall–Kier alpha value is -3.80. The molecule has 0 aliphatic carbocycles. The van der Waals surface area contributed by atoms with Crippen LogP contribution in [0.25, 0.3) is 0 Å². The Morgan fingerprint density at radius 3 is 2.00 bits per heavy atom. The molecule has 0 fully saturated rings. The van der Waals surface area contributed by atoms with Crippen molar-refractivity contribution < 1.29 is 19.4 Å². The molecule has 11 heteroatoms. The molecule has 0 radical (unpaired) electrons. The number of anilines is 3. The van der Waals surface area contributed by atoms with Crippen LogP contribution in [0.5, 0.6) is 0 Å². The first-order valence-corrected chi connectivity index (χ1v) is 12.3. The Labute approximate surface area is 217 Å². The molecule has 0 unspecified atom stereocenters. The molecule has 198 valence electrons. The normalized spacial score (nSPS) is 10.6. The SMILES string of the molecule is Cc1ccc(CNc2nc(NCCO)nc(NCCOCCOCCNC(=O)c3ccccc3)n2)cc1. The first kappa shape index (κ1) is 27.8. The third-order valence-electron chi connectivity index (χ3n) is 5.07. The van der Waals surface area contributed by atoms with Crippen molar-refractivity contribution >= 4 is 23.8 Å². The average Bonchev–Trinajstić information content (AvgIpc) is 2.93. The van der Waals surface area contributed by atoms with Crippen molar-refractivity contribution in [1.29, 1.82) is 0 Å². The number of aliphatic hydroxyl groups excluding tert-OH is 1. The summed E-state index contributed by atoms with van der Waals surface area (Å²) >= 11 is 0. The van der Waals surface area contributed by atoms with Gasteiger partial charge in [0.25, 0.3) is 5.91 Å². The van der Waals surface area contributed by atoms with Crippen LogP contribution < -0.4 is 21.3 Å². The largest absolute Gasteiger partial charge is 0.395 e. The highest BCUT2D eigenvalue weighted by molar-refractivity contribution is 5.94. The Morgan fingerprint density at radius 1 is 0.757 bits per heavy atom. The Kier molecular flexibility index (Phi) is 12.0. The molecule has 11 nitrogen and oxygen atoms in total. The van der Waals surface area contributed by atoms with Gasteiger partial charge in [0.2, 0.25) is 17.8 Å². The fourth-order valence-electron chi connectivity index (χ4n) is 3.15. The van der Waals surface area contributed by atoms with Crippen molar-refractivity contribution in [3.05, 3.63) is 71.3 Å². The van der Waals surface area contributed by atoms with Crippen LogP contribution in [-0.2, 0) is 16.0 Å². The summed E-state index contributed by atoms with van der Waals surface area (Å²) in [6.07, 6.45) is 0. The van der Waals surface area contributed by atoms with Crippen molar-refractivity contribution in [3.8, 4) is 0 Å². The maximum Gasteiger partial charge on any atom is 0.251 e. The maximum absolute atomic E-state index is 11.9. The van der Waals surface area contributed by atoms with E-state index in [-0.39, 0.29) is 12.5 Å². The molecular weight excluding hydrogens is 474 g/mol. The van der Waals surface area contributed by atoms with Gasteiger partial charge in [0.1, 0.15) is 0 Å². The zero-order chi connectivity index (χ0) is 26.1. The molecule has 1 amide bonds. The number of amides is 1. The van der Waals surface area contributed by atoms with E-state index in [1.54, 1.807) is 12.1 Å². The summed E-state index contributed by atoms with van der Waals surface area (Å²) in [4.78, 5) is 25.0. The lowest BCUT2D eigenvalue weighted by atomic mass is 10.1. The highest BCUT2D eigenvalue weighted by Gasteiger charge is 2.07. The number of nitrogens with one attached hydrogen (secondary N) is 4. The molecule has 0 saturated heterocycles. The lowest BCUT2D eigenvalue weighted by molar-refractivity contribution is 0.0519. The number of benzene rings is 2. The van der Waals surface area contributed by atoms with E-state index < -0.39 is 0 Å². The van der Waals surface area contributed by atoms with Crippen molar-refractivity contribution in [3.63, 3.8) is 0 Å². The van der Waals surface area contributed by atoms with Crippen LogP contribution in [0.3, 0.4) is 0 Å². The summed E-state index contributed by atoms with van der Waals surface area (Å²) in [7, 11) is 0. The second kappa shape index (κ2) is 16.0. The summed E-state index contributed by atoms with van der Waals surface area (Å²) in [5.41, 5.74) is 2.94. The molecular formula is C26H35N7O4. The van der Waals surface area contributed by atoms with E-state index in [4.69, 9.17) is 14.6 Å². The minimum absolute atomic E-state index is 0.0319. The van der Waals surface area contributed by atoms with E-state index in [2.05, 4.69) is 60.5 Å². The highest BCUT2D eigenvalue weighted by atomic mass is 16.5. The highest BCUT2D eigenvalue weighted by Crippen LogP contribution is 2.11. The Morgan fingerprint density at radius 2 is 1.35 bits per heavy atom. The average molecular weight is 510 g/mol. The molecule has 0 aliphatic heterocycles. The number of ether oxygens (including phenoxy) is 2. The van der Waals surface area contributed by atoms with E-state index in [9.17, 15) is 4.79 Å². The summed E-state index contributed by atoms with van der Waals surface area (Å²) in [5.74, 6) is 1.07. The molecule has 0 bridgehead atoms. The second-order valence-corrected chi connectivity index (χ2v) is 8.07. The summed E-state index contributed by atoms with van der Waals surface area (Å²) < 4.78 is 11.1. The molecule has 0 spiro atoms. The summed E-state index contributed by atoms with van der Waals surface area (Å²) in [6.45, 7) is 5.55. The zero-order valence-corrected chi connectivity index (χ0v) is 21.1. The van der Waals surface area contributed by atoms with Crippen LogP contribution in [0.15, 0.2) is 54.6 Å². The first-order chi connectivity index (χ1) is 18.1. The minimum atomic E-state index is -0.118. The number of rotatable bonds is 17. The number of hydrogen-bond donors (Lipinski definition) is 5. The number of aliphatic hydroxyl groups is 1. The lowest BCUT2D eigenvalue weighted by Crippen LogP contribution is -2.27. The number of carbonyl (C=O) groups excluding carboxylic acids is 1. The zero-order valence-electron chi connectivity index (χ0n) is 21.1. The second-order valence-electron chi connectivity index (χ2n) is 8.07. The van der Waals surface area contributed by atoms with Crippen molar-refractivity contribution in [2.75, 3.05) is 68.6 Å². The number of hydrogen-bond acceptors (Lipinski definition) is 10. The molecule has 1 heterocycles. The fraction of sp³-hybridized carbons (Fsp3) is 0.385.